The fourth-order valence-electron chi connectivity index (χ4n) is 2.03. The van der Waals surface area contributed by atoms with E-state index in [9.17, 15) is 4.79 Å². The van der Waals surface area contributed by atoms with Gasteiger partial charge in [0.15, 0.2) is 11.0 Å². The third kappa shape index (κ3) is 4.72. The molecule has 23 heavy (non-hydrogen) atoms. The molecule has 2 aromatic rings. The van der Waals surface area contributed by atoms with Crippen molar-refractivity contribution >= 4 is 17.7 Å². The lowest BCUT2D eigenvalue weighted by Crippen LogP contribution is -2.08. The number of carbonyl (C=O) groups is 1. The van der Waals surface area contributed by atoms with E-state index in [0.717, 1.165) is 11.3 Å². The van der Waals surface area contributed by atoms with Gasteiger partial charge in [-0.1, -0.05) is 29.5 Å². The van der Waals surface area contributed by atoms with Gasteiger partial charge in [0.25, 0.3) is 0 Å². The second kappa shape index (κ2) is 8.01. The summed E-state index contributed by atoms with van der Waals surface area (Å²) >= 11 is 1.30. The summed E-state index contributed by atoms with van der Waals surface area (Å²) in [5.74, 6) is 1.50. The molecule has 0 unspecified atom stereocenters. The molecule has 0 aliphatic rings. The molecule has 1 aromatic heterocycles. The van der Waals surface area contributed by atoms with Crippen LogP contribution in [-0.2, 0) is 23.2 Å². The molecule has 0 fully saturated rings. The molecule has 0 saturated heterocycles. The Balaban J connectivity index is 1.95. The van der Waals surface area contributed by atoms with Crippen LogP contribution in [0.5, 0.6) is 5.75 Å². The van der Waals surface area contributed by atoms with Crippen LogP contribution in [0.1, 0.15) is 23.9 Å². The number of nitrogens with zero attached hydrogens (tertiary/aromatic N) is 3. The van der Waals surface area contributed by atoms with E-state index in [1.807, 2.05) is 37.6 Å². The summed E-state index contributed by atoms with van der Waals surface area (Å²) in [6.45, 7) is 6.56. The minimum atomic E-state index is -0.256. The van der Waals surface area contributed by atoms with E-state index in [0.29, 0.717) is 24.2 Å². The molecule has 0 atom stereocenters. The van der Waals surface area contributed by atoms with Gasteiger partial charge in [-0.2, -0.15) is 0 Å². The molecule has 1 heterocycles. The summed E-state index contributed by atoms with van der Waals surface area (Å²) < 4.78 is 12.5. The zero-order valence-electron chi connectivity index (χ0n) is 13.8. The van der Waals surface area contributed by atoms with E-state index in [4.69, 9.17) is 9.47 Å². The number of rotatable bonds is 7. The highest BCUT2D eigenvalue weighted by atomic mass is 32.2. The predicted molar refractivity (Wildman–Crippen MR) is 88.6 cm³/mol. The molecule has 6 nitrogen and oxygen atoms in total. The van der Waals surface area contributed by atoms with Crippen LogP contribution in [0.25, 0.3) is 0 Å². The lowest BCUT2D eigenvalue weighted by Gasteiger charge is -2.09. The summed E-state index contributed by atoms with van der Waals surface area (Å²) in [5.41, 5.74) is 2.29. The normalized spacial score (nSPS) is 10.6. The highest BCUT2D eigenvalue weighted by Gasteiger charge is 2.12. The Morgan fingerprint density at radius 3 is 2.78 bits per heavy atom. The van der Waals surface area contributed by atoms with E-state index in [-0.39, 0.29) is 11.7 Å². The molecule has 0 radical (unpaired) electrons. The summed E-state index contributed by atoms with van der Waals surface area (Å²) in [5, 5.41) is 8.87. The van der Waals surface area contributed by atoms with Crippen molar-refractivity contribution < 1.29 is 14.3 Å². The van der Waals surface area contributed by atoms with Crippen LogP contribution >= 0.6 is 11.8 Å². The van der Waals surface area contributed by atoms with Crippen molar-refractivity contribution in [3.05, 3.63) is 35.2 Å². The van der Waals surface area contributed by atoms with E-state index >= 15 is 0 Å². The molecule has 0 aliphatic carbocycles. The van der Waals surface area contributed by atoms with Crippen molar-refractivity contribution in [2.75, 3.05) is 12.4 Å². The van der Waals surface area contributed by atoms with E-state index in [1.165, 1.54) is 17.3 Å². The maximum Gasteiger partial charge on any atom is 0.316 e. The van der Waals surface area contributed by atoms with Crippen LogP contribution in [0, 0.1) is 13.8 Å². The molecule has 2 rings (SSSR count). The first kappa shape index (κ1) is 17.3. The van der Waals surface area contributed by atoms with E-state index in [1.54, 1.807) is 6.92 Å². The van der Waals surface area contributed by atoms with Gasteiger partial charge in [-0.3, -0.25) is 4.79 Å². The number of benzene rings is 1. The Morgan fingerprint density at radius 1 is 1.30 bits per heavy atom. The van der Waals surface area contributed by atoms with Gasteiger partial charge >= 0.3 is 5.97 Å². The van der Waals surface area contributed by atoms with Crippen LogP contribution in [0.2, 0.25) is 0 Å². The fraction of sp³-hybridized carbons (Fsp3) is 0.438. The summed E-state index contributed by atoms with van der Waals surface area (Å²) in [6, 6.07) is 6.05. The van der Waals surface area contributed by atoms with Crippen molar-refractivity contribution in [2.24, 2.45) is 7.05 Å². The average Bonchev–Trinajstić information content (AvgIpc) is 2.85. The molecule has 0 bridgehead atoms. The number of esters is 1. The third-order valence-electron chi connectivity index (χ3n) is 3.24. The monoisotopic (exact) mass is 335 g/mol. The molecule has 1 aromatic carbocycles. The van der Waals surface area contributed by atoms with E-state index in [2.05, 4.69) is 16.3 Å². The summed E-state index contributed by atoms with van der Waals surface area (Å²) in [4.78, 5) is 11.4. The topological polar surface area (TPSA) is 66.2 Å². The van der Waals surface area contributed by atoms with Gasteiger partial charge < -0.3 is 14.0 Å². The predicted octanol–water partition coefficient (Wildman–Crippen LogP) is 2.67. The highest BCUT2D eigenvalue weighted by Crippen LogP contribution is 2.21. The fourth-order valence-corrected chi connectivity index (χ4v) is 2.75. The third-order valence-corrected chi connectivity index (χ3v) is 4.23. The van der Waals surface area contributed by atoms with Gasteiger partial charge in [-0.05, 0) is 32.4 Å². The molecule has 0 N–H and O–H groups in total. The number of thioether (sulfide) groups is 1. The van der Waals surface area contributed by atoms with Gasteiger partial charge in [0.1, 0.15) is 12.4 Å². The molecule has 0 aliphatic heterocycles. The van der Waals surface area contributed by atoms with Gasteiger partial charge in [-0.25, -0.2) is 0 Å². The molecule has 124 valence electrons. The lowest BCUT2D eigenvalue weighted by molar-refractivity contribution is -0.139. The smallest absolute Gasteiger partial charge is 0.316 e. The molecule has 0 saturated carbocycles. The molecule has 0 spiro atoms. The Hall–Kier alpha value is -2.02. The molecular formula is C16H21N3O3S. The van der Waals surface area contributed by atoms with Gasteiger partial charge in [0.05, 0.1) is 12.4 Å². The van der Waals surface area contributed by atoms with Crippen molar-refractivity contribution in [3.63, 3.8) is 0 Å². The van der Waals surface area contributed by atoms with Crippen molar-refractivity contribution in [1.82, 2.24) is 14.8 Å². The van der Waals surface area contributed by atoms with Crippen LogP contribution in [0.15, 0.2) is 23.4 Å². The number of hydrogen-bond acceptors (Lipinski definition) is 6. The lowest BCUT2D eigenvalue weighted by atomic mass is 10.1. The Labute approximate surface area is 140 Å². The van der Waals surface area contributed by atoms with E-state index < -0.39 is 0 Å². The second-order valence-electron chi connectivity index (χ2n) is 5.11. The summed E-state index contributed by atoms with van der Waals surface area (Å²) in [6.07, 6.45) is 0. The zero-order valence-corrected chi connectivity index (χ0v) is 14.6. The number of hydrogen-bond donors (Lipinski definition) is 0. The van der Waals surface area contributed by atoms with Crippen LogP contribution in [-0.4, -0.2) is 33.1 Å². The quantitative estimate of drug-likeness (QED) is 0.572. The molecule has 0 amide bonds. The number of carbonyl (C=O) groups excluding carboxylic acids is 1. The Bertz CT molecular complexity index is 685. The van der Waals surface area contributed by atoms with Gasteiger partial charge in [-0.15, -0.1) is 10.2 Å². The van der Waals surface area contributed by atoms with Crippen LogP contribution in [0.3, 0.4) is 0 Å². The summed E-state index contributed by atoms with van der Waals surface area (Å²) in [7, 11) is 1.86. The van der Waals surface area contributed by atoms with Crippen molar-refractivity contribution in [1.29, 1.82) is 0 Å². The highest BCUT2D eigenvalue weighted by molar-refractivity contribution is 7.99. The average molecular weight is 335 g/mol. The van der Waals surface area contributed by atoms with Gasteiger partial charge in [0.2, 0.25) is 0 Å². The molecule has 7 heteroatoms. The van der Waals surface area contributed by atoms with Crippen molar-refractivity contribution in [2.45, 2.75) is 32.5 Å². The largest absolute Gasteiger partial charge is 0.485 e. The van der Waals surface area contributed by atoms with Crippen molar-refractivity contribution in [3.8, 4) is 5.75 Å². The Morgan fingerprint density at radius 2 is 2.09 bits per heavy atom. The number of aromatic nitrogens is 3. The standard InChI is InChI=1S/C16H21N3O3S/c1-5-21-15(20)10-23-16-18-17-14(19(16)4)9-22-13-7-6-11(2)8-12(13)3/h6-8H,5,9-10H2,1-4H3. The Kier molecular flexibility index (Phi) is 6.04. The van der Waals surface area contributed by atoms with Crippen LogP contribution in [0.4, 0.5) is 0 Å². The second-order valence-corrected chi connectivity index (χ2v) is 6.05. The SMILES string of the molecule is CCOC(=O)CSc1nnc(COc2ccc(C)cc2C)n1C. The minimum absolute atomic E-state index is 0.220. The zero-order chi connectivity index (χ0) is 16.8. The number of ether oxygens (including phenoxy) is 2. The maximum absolute atomic E-state index is 11.4. The first-order chi connectivity index (χ1) is 11.0. The number of aryl methyl sites for hydroxylation is 2. The minimum Gasteiger partial charge on any atom is -0.485 e. The van der Waals surface area contributed by atoms with Gasteiger partial charge in [0, 0.05) is 7.05 Å². The van der Waals surface area contributed by atoms with Crippen LogP contribution < -0.4 is 4.74 Å². The first-order valence-corrected chi connectivity index (χ1v) is 8.36. The maximum atomic E-state index is 11.4. The first-order valence-electron chi connectivity index (χ1n) is 7.38. The molecular weight excluding hydrogens is 314 g/mol.